The summed E-state index contributed by atoms with van der Waals surface area (Å²) in [6.45, 7) is 2.73. The number of para-hydroxylation sites is 1. The third-order valence-corrected chi connectivity index (χ3v) is 3.70. The highest BCUT2D eigenvalue weighted by molar-refractivity contribution is 5.84. The molecule has 2 heterocycles. The quantitative estimate of drug-likeness (QED) is 0.752. The van der Waals surface area contributed by atoms with Crippen LogP contribution in [-0.4, -0.2) is 16.5 Å². The molecule has 3 aromatic rings. The van der Waals surface area contributed by atoms with Crippen molar-refractivity contribution in [1.82, 2.24) is 9.97 Å². The number of aromatic amines is 1. The second-order valence-corrected chi connectivity index (χ2v) is 4.78. The third-order valence-electron chi connectivity index (χ3n) is 3.70. The van der Waals surface area contributed by atoms with E-state index in [4.69, 9.17) is 5.73 Å². The van der Waals surface area contributed by atoms with Gasteiger partial charge in [0.1, 0.15) is 0 Å². The van der Waals surface area contributed by atoms with Gasteiger partial charge in [-0.1, -0.05) is 18.2 Å². The van der Waals surface area contributed by atoms with Crippen molar-refractivity contribution in [3.8, 4) is 0 Å². The Morgan fingerprint density at radius 1 is 1.16 bits per heavy atom. The minimum Gasteiger partial charge on any atom is -0.358 e. The maximum Gasteiger partial charge on any atom is 0.0459 e. The van der Waals surface area contributed by atoms with Crippen LogP contribution in [0.2, 0.25) is 0 Å². The first-order valence-corrected chi connectivity index (χ1v) is 6.48. The average Bonchev–Trinajstić information content (AvgIpc) is 2.79. The molecular formula is C16H17N3. The Morgan fingerprint density at radius 3 is 2.58 bits per heavy atom. The Hall–Kier alpha value is -2.13. The SMILES string of the molecule is Cc1c(C(CN)c2ccncc2)[nH]c2ccccc12. The van der Waals surface area contributed by atoms with Crippen LogP contribution in [0.3, 0.4) is 0 Å². The lowest BCUT2D eigenvalue weighted by molar-refractivity contribution is 0.789. The fourth-order valence-corrected chi connectivity index (χ4v) is 2.67. The van der Waals surface area contributed by atoms with Crippen molar-refractivity contribution in [3.05, 3.63) is 65.6 Å². The van der Waals surface area contributed by atoms with Crippen LogP contribution in [0.15, 0.2) is 48.8 Å². The van der Waals surface area contributed by atoms with Gasteiger partial charge in [-0.05, 0) is 36.2 Å². The maximum atomic E-state index is 5.99. The van der Waals surface area contributed by atoms with E-state index in [2.05, 4.69) is 35.1 Å². The van der Waals surface area contributed by atoms with E-state index in [0.717, 1.165) is 0 Å². The molecule has 0 aliphatic carbocycles. The highest BCUT2D eigenvalue weighted by atomic mass is 14.7. The highest BCUT2D eigenvalue weighted by Gasteiger charge is 2.18. The number of benzene rings is 1. The molecule has 0 fully saturated rings. The van der Waals surface area contributed by atoms with Crippen molar-refractivity contribution in [2.75, 3.05) is 6.54 Å². The molecule has 3 N–H and O–H groups in total. The molecule has 0 bridgehead atoms. The van der Waals surface area contributed by atoms with E-state index in [-0.39, 0.29) is 5.92 Å². The largest absolute Gasteiger partial charge is 0.358 e. The van der Waals surface area contributed by atoms with Crippen molar-refractivity contribution >= 4 is 10.9 Å². The summed E-state index contributed by atoms with van der Waals surface area (Å²) < 4.78 is 0. The summed E-state index contributed by atoms with van der Waals surface area (Å²) in [5, 5.41) is 1.27. The number of aromatic nitrogens is 2. The fraction of sp³-hybridized carbons (Fsp3) is 0.188. The Labute approximate surface area is 112 Å². The van der Waals surface area contributed by atoms with Gasteiger partial charge in [0.05, 0.1) is 0 Å². The van der Waals surface area contributed by atoms with Crippen LogP contribution in [0, 0.1) is 6.92 Å². The zero-order valence-electron chi connectivity index (χ0n) is 10.9. The molecule has 0 amide bonds. The first kappa shape index (κ1) is 11.9. The molecular weight excluding hydrogens is 234 g/mol. The summed E-state index contributed by atoms with van der Waals surface area (Å²) in [4.78, 5) is 7.58. The normalized spacial score (nSPS) is 12.7. The number of nitrogens with zero attached hydrogens (tertiary/aromatic N) is 1. The average molecular weight is 251 g/mol. The predicted molar refractivity (Wildman–Crippen MR) is 78.2 cm³/mol. The first-order chi connectivity index (χ1) is 9.31. The number of nitrogens with one attached hydrogen (secondary N) is 1. The van der Waals surface area contributed by atoms with Crippen LogP contribution in [0.5, 0.6) is 0 Å². The summed E-state index contributed by atoms with van der Waals surface area (Å²) in [6.07, 6.45) is 3.63. The number of hydrogen-bond acceptors (Lipinski definition) is 2. The van der Waals surface area contributed by atoms with Gasteiger partial charge in [-0.25, -0.2) is 0 Å². The summed E-state index contributed by atoms with van der Waals surface area (Å²) in [7, 11) is 0. The molecule has 1 unspecified atom stereocenters. The molecule has 0 radical (unpaired) electrons. The van der Waals surface area contributed by atoms with Crippen LogP contribution in [0.25, 0.3) is 10.9 Å². The molecule has 3 rings (SSSR count). The monoisotopic (exact) mass is 251 g/mol. The second-order valence-electron chi connectivity index (χ2n) is 4.78. The molecule has 0 spiro atoms. The standard InChI is InChI=1S/C16H17N3/c1-11-13-4-2-3-5-15(13)19-16(11)14(10-17)12-6-8-18-9-7-12/h2-9,14,19H,10,17H2,1H3. The molecule has 1 aromatic carbocycles. The second kappa shape index (κ2) is 4.86. The van der Waals surface area contributed by atoms with E-state index in [9.17, 15) is 0 Å². The minimum atomic E-state index is 0.190. The number of aryl methyl sites for hydroxylation is 1. The number of nitrogens with two attached hydrogens (primary N) is 1. The van der Waals surface area contributed by atoms with Gasteiger partial charge in [0, 0.05) is 41.5 Å². The van der Waals surface area contributed by atoms with Crippen molar-refractivity contribution in [1.29, 1.82) is 0 Å². The smallest absolute Gasteiger partial charge is 0.0459 e. The predicted octanol–water partition coefficient (Wildman–Crippen LogP) is 2.96. The third kappa shape index (κ3) is 2.02. The van der Waals surface area contributed by atoms with Crippen LogP contribution in [-0.2, 0) is 0 Å². The van der Waals surface area contributed by atoms with Gasteiger partial charge in [-0.3, -0.25) is 4.98 Å². The van der Waals surface area contributed by atoms with Gasteiger partial charge in [-0.15, -0.1) is 0 Å². The molecule has 0 saturated heterocycles. The summed E-state index contributed by atoms with van der Waals surface area (Å²) in [6, 6.07) is 12.4. The molecule has 0 aliphatic heterocycles. The molecule has 0 aliphatic rings. The van der Waals surface area contributed by atoms with Gasteiger partial charge in [0.25, 0.3) is 0 Å². The lowest BCUT2D eigenvalue weighted by Crippen LogP contribution is -2.15. The maximum absolute atomic E-state index is 5.99. The molecule has 1 atom stereocenters. The number of fused-ring (bicyclic) bond motifs is 1. The molecule has 2 aromatic heterocycles. The number of pyridine rings is 1. The number of hydrogen-bond donors (Lipinski definition) is 2. The van der Waals surface area contributed by atoms with Gasteiger partial charge < -0.3 is 10.7 Å². The van der Waals surface area contributed by atoms with Crippen LogP contribution in [0.4, 0.5) is 0 Å². The Bertz CT molecular complexity index is 686. The van der Waals surface area contributed by atoms with E-state index in [0.29, 0.717) is 6.54 Å². The molecule has 3 nitrogen and oxygen atoms in total. The number of rotatable bonds is 3. The Morgan fingerprint density at radius 2 is 1.89 bits per heavy atom. The Kier molecular flexibility index (Phi) is 3.05. The zero-order chi connectivity index (χ0) is 13.2. The highest BCUT2D eigenvalue weighted by Crippen LogP contribution is 2.30. The van der Waals surface area contributed by atoms with Crippen molar-refractivity contribution in [2.45, 2.75) is 12.8 Å². The zero-order valence-corrected chi connectivity index (χ0v) is 10.9. The number of H-pyrrole nitrogens is 1. The molecule has 19 heavy (non-hydrogen) atoms. The van der Waals surface area contributed by atoms with E-state index in [1.165, 1.54) is 27.7 Å². The summed E-state index contributed by atoms with van der Waals surface area (Å²) in [5.74, 6) is 0.190. The van der Waals surface area contributed by atoms with Gasteiger partial charge in [0.2, 0.25) is 0 Å². The van der Waals surface area contributed by atoms with E-state index in [1.54, 1.807) is 0 Å². The van der Waals surface area contributed by atoms with E-state index in [1.807, 2.05) is 30.6 Å². The Balaban J connectivity index is 2.14. The van der Waals surface area contributed by atoms with Crippen LogP contribution < -0.4 is 5.73 Å². The van der Waals surface area contributed by atoms with Crippen LogP contribution in [0.1, 0.15) is 22.7 Å². The molecule has 0 saturated carbocycles. The topological polar surface area (TPSA) is 54.7 Å². The van der Waals surface area contributed by atoms with E-state index >= 15 is 0 Å². The molecule has 96 valence electrons. The molecule has 3 heteroatoms. The van der Waals surface area contributed by atoms with Crippen molar-refractivity contribution in [3.63, 3.8) is 0 Å². The lowest BCUT2D eigenvalue weighted by Gasteiger charge is -2.15. The fourth-order valence-electron chi connectivity index (χ4n) is 2.67. The van der Waals surface area contributed by atoms with Crippen molar-refractivity contribution < 1.29 is 0 Å². The van der Waals surface area contributed by atoms with Gasteiger partial charge >= 0.3 is 0 Å². The van der Waals surface area contributed by atoms with Crippen molar-refractivity contribution in [2.24, 2.45) is 5.73 Å². The van der Waals surface area contributed by atoms with Crippen LogP contribution >= 0.6 is 0 Å². The minimum absolute atomic E-state index is 0.190. The first-order valence-electron chi connectivity index (χ1n) is 6.48. The summed E-state index contributed by atoms with van der Waals surface area (Å²) >= 11 is 0. The summed E-state index contributed by atoms with van der Waals surface area (Å²) in [5.41, 5.74) is 10.8. The van der Waals surface area contributed by atoms with Gasteiger partial charge in [0.15, 0.2) is 0 Å². The lowest BCUT2D eigenvalue weighted by atomic mass is 9.94. The van der Waals surface area contributed by atoms with Gasteiger partial charge in [-0.2, -0.15) is 0 Å². The van der Waals surface area contributed by atoms with E-state index < -0.39 is 0 Å².